The van der Waals surface area contributed by atoms with Crippen molar-refractivity contribution in [3.63, 3.8) is 0 Å². The van der Waals surface area contributed by atoms with Gasteiger partial charge < -0.3 is 9.47 Å². The molecule has 3 nitrogen and oxygen atoms in total. The molecule has 0 aromatic heterocycles. The third kappa shape index (κ3) is 0.764. The van der Waals surface area contributed by atoms with Crippen LogP contribution in [0.15, 0.2) is 0 Å². The lowest BCUT2D eigenvalue weighted by Gasteiger charge is -2.07. The lowest BCUT2D eigenvalue weighted by molar-refractivity contribution is 0.0643. The minimum absolute atomic E-state index is 0.181. The predicted molar refractivity (Wildman–Crippen MR) is 31.8 cm³/mol. The lowest BCUT2D eigenvalue weighted by atomic mass is 10.1. The fourth-order valence-electron chi connectivity index (χ4n) is 1.40. The number of ether oxygens (including phenoxy) is 2. The Balaban J connectivity index is 2.07. The maximum absolute atomic E-state index is 5.35. The molecule has 3 atom stereocenters. The van der Waals surface area contributed by atoms with Gasteiger partial charge in [0.2, 0.25) is 0 Å². The van der Waals surface area contributed by atoms with Gasteiger partial charge >= 0.3 is 0 Å². The molecule has 0 aromatic rings. The summed E-state index contributed by atoms with van der Waals surface area (Å²) in [6, 6.07) is 0. The van der Waals surface area contributed by atoms with E-state index in [9.17, 15) is 0 Å². The Bertz CT molecular complexity index is 118. The monoisotopic (exact) mass is 129 g/mol. The molecule has 0 spiro atoms. The van der Waals surface area contributed by atoms with Crippen LogP contribution in [0.5, 0.6) is 0 Å². The van der Waals surface area contributed by atoms with E-state index in [1.807, 2.05) is 0 Å². The molecular weight excluding hydrogens is 118 g/mol. The van der Waals surface area contributed by atoms with E-state index >= 15 is 0 Å². The van der Waals surface area contributed by atoms with E-state index in [0.717, 1.165) is 6.61 Å². The van der Waals surface area contributed by atoms with Gasteiger partial charge in [-0.1, -0.05) is 6.92 Å². The summed E-state index contributed by atoms with van der Waals surface area (Å²) in [5, 5.41) is 3.10. The van der Waals surface area contributed by atoms with Crippen LogP contribution in [0.4, 0.5) is 0 Å². The van der Waals surface area contributed by atoms with Crippen molar-refractivity contribution >= 4 is 0 Å². The van der Waals surface area contributed by atoms with Crippen molar-refractivity contribution in [1.29, 1.82) is 0 Å². The zero-order chi connectivity index (χ0) is 6.27. The van der Waals surface area contributed by atoms with Gasteiger partial charge in [0.05, 0.1) is 13.3 Å². The quantitative estimate of drug-likeness (QED) is 0.496. The highest BCUT2D eigenvalue weighted by atomic mass is 16.6. The van der Waals surface area contributed by atoms with E-state index in [4.69, 9.17) is 9.47 Å². The van der Waals surface area contributed by atoms with E-state index in [-0.39, 0.29) is 6.23 Å². The highest BCUT2D eigenvalue weighted by molar-refractivity contribution is 4.83. The fraction of sp³-hybridized carbons (Fsp3) is 1.00. The SMILES string of the molecule is CC1COC2NCOC12. The van der Waals surface area contributed by atoms with Crippen LogP contribution in [0, 0.1) is 5.92 Å². The van der Waals surface area contributed by atoms with Crippen molar-refractivity contribution in [2.75, 3.05) is 13.3 Å². The number of fused-ring (bicyclic) bond motifs is 1. The Morgan fingerprint density at radius 2 is 2.33 bits per heavy atom. The molecular formula is C6H11NO2. The molecule has 2 fully saturated rings. The van der Waals surface area contributed by atoms with Gasteiger partial charge in [0, 0.05) is 5.92 Å². The Kier molecular flexibility index (Phi) is 1.22. The summed E-state index contributed by atoms with van der Waals surface area (Å²) in [6.45, 7) is 3.64. The Labute approximate surface area is 54.3 Å². The third-order valence-electron chi connectivity index (χ3n) is 1.96. The molecule has 1 N–H and O–H groups in total. The van der Waals surface area contributed by atoms with E-state index < -0.39 is 0 Å². The normalized spacial score (nSPS) is 49.7. The molecule has 0 amide bonds. The van der Waals surface area contributed by atoms with Crippen LogP contribution < -0.4 is 5.32 Å². The number of nitrogens with one attached hydrogen (secondary N) is 1. The average molecular weight is 129 g/mol. The molecule has 2 rings (SSSR count). The number of rotatable bonds is 0. The molecule has 52 valence electrons. The van der Waals surface area contributed by atoms with Gasteiger partial charge in [0.15, 0.2) is 0 Å². The van der Waals surface area contributed by atoms with Gasteiger partial charge in [-0.15, -0.1) is 0 Å². The predicted octanol–water partition coefficient (Wildman–Crippen LogP) is -0.0753. The van der Waals surface area contributed by atoms with Gasteiger partial charge in [-0.3, -0.25) is 5.32 Å². The smallest absolute Gasteiger partial charge is 0.136 e. The van der Waals surface area contributed by atoms with Crippen molar-refractivity contribution in [3.8, 4) is 0 Å². The first-order valence-corrected chi connectivity index (χ1v) is 3.34. The lowest BCUT2D eigenvalue weighted by Crippen LogP contribution is -2.28. The van der Waals surface area contributed by atoms with Crippen LogP contribution in [-0.4, -0.2) is 25.7 Å². The molecule has 2 heterocycles. The summed E-state index contributed by atoms with van der Waals surface area (Å²) in [5.74, 6) is 0.560. The summed E-state index contributed by atoms with van der Waals surface area (Å²) in [6.07, 6.45) is 0.491. The molecule has 2 aliphatic rings. The van der Waals surface area contributed by atoms with Crippen LogP contribution >= 0.6 is 0 Å². The van der Waals surface area contributed by atoms with Gasteiger partial charge in [-0.05, 0) is 0 Å². The van der Waals surface area contributed by atoms with Crippen LogP contribution in [-0.2, 0) is 9.47 Å². The minimum atomic E-state index is 0.181. The van der Waals surface area contributed by atoms with Crippen molar-refractivity contribution in [1.82, 2.24) is 5.32 Å². The second-order valence-corrected chi connectivity index (χ2v) is 2.71. The van der Waals surface area contributed by atoms with Crippen molar-refractivity contribution in [2.24, 2.45) is 5.92 Å². The molecule has 3 unspecified atom stereocenters. The van der Waals surface area contributed by atoms with Crippen molar-refractivity contribution in [2.45, 2.75) is 19.3 Å². The third-order valence-corrected chi connectivity index (χ3v) is 1.96. The topological polar surface area (TPSA) is 30.5 Å². The summed E-state index contributed by atoms with van der Waals surface area (Å²) in [5.41, 5.74) is 0. The zero-order valence-corrected chi connectivity index (χ0v) is 5.46. The molecule has 3 heteroatoms. The minimum Gasteiger partial charge on any atom is -0.360 e. The molecule has 0 aromatic carbocycles. The summed E-state index contributed by atoms with van der Waals surface area (Å²) < 4.78 is 10.7. The highest BCUT2D eigenvalue weighted by Crippen LogP contribution is 2.24. The molecule has 0 saturated carbocycles. The van der Waals surface area contributed by atoms with Gasteiger partial charge in [-0.2, -0.15) is 0 Å². The first-order valence-electron chi connectivity index (χ1n) is 3.34. The van der Waals surface area contributed by atoms with Gasteiger partial charge in [0.1, 0.15) is 12.3 Å². The Morgan fingerprint density at radius 1 is 1.44 bits per heavy atom. The van der Waals surface area contributed by atoms with Crippen LogP contribution in [0.25, 0.3) is 0 Å². The fourth-order valence-corrected chi connectivity index (χ4v) is 1.40. The molecule has 9 heavy (non-hydrogen) atoms. The average Bonchev–Trinajstić information content (AvgIpc) is 2.35. The van der Waals surface area contributed by atoms with E-state index in [0.29, 0.717) is 18.8 Å². The van der Waals surface area contributed by atoms with Crippen LogP contribution in [0.2, 0.25) is 0 Å². The molecule has 0 aliphatic carbocycles. The second-order valence-electron chi connectivity index (χ2n) is 2.71. The standard InChI is InChI=1S/C6H11NO2/c1-4-2-8-6-5(4)9-3-7-6/h4-7H,2-3H2,1H3. The number of hydrogen-bond donors (Lipinski definition) is 1. The Hall–Kier alpha value is -0.120. The van der Waals surface area contributed by atoms with Gasteiger partial charge in [0.25, 0.3) is 0 Å². The Morgan fingerprint density at radius 3 is 3.11 bits per heavy atom. The molecule has 0 bridgehead atoms. The van der Waals surface area contributed by atoms with E-state index in [1.54, 1.807) is 0 Å². The first kappa shape index (κ1) is 5.65. The molecule has 2 saturated heterocycles. The van der Waals surface area contributed by atoms with E-state index in [2.05, 4.69) is 12.2 Å². The summed E-state index contributed by atoms with van der Waals surface area (Å²) >= 11 is 0. The maximum Gasteiger partial charge on any atom is 0.136 e. The van der Waals surface area contributed by atoms with Gasteiger partial charge in [-0.25, -0.2) is 0 Å². The van der Waals surface area contributed by atoms with Crippen molar-refractivity contribution in [3.05, 3.63) is 0 Å². The summed E-state index contributed by atoms with van der Waals surface area (Å²) in [7, 11) is 0. The van der Waals surface area contributed by atoms with E-state index in [1.165, 1.54) is 0 Å². The second kappa shape index (κ2) is 1.94. The largest absolute Gasteiger partial charge is 0.360 e. The van der Waals surface area contributed by atoms with Crippen LogP contribution in [0.3, 0.4) is 0 Å². The van der Waals surface area contributed by atoms with Crippen LogP contribution in [0.1, 0.15) is 6.92 Å². The maximum atomic E-state index is 5.35. The molecule has 0 radical (unpaired) electrons. The first-order chi connectivity index (χ1) is 4.38. The zero-order valence-electron chi connectivity index (χ0n) is 5.46. The highest BCUT2D eigenvalue weighted by Gasteiger charge is 2.38. The summed E-state index contributed by atoms with van der Waals surface area (Å²) in [4.78, 5) is 0. The molecule has 2 aliphatic heterocycles. The van der Waals surface area contributed by atoms with Crippen molar-refractivity contribution < 1.29 is 9.47 Å². The number of hydrogen-bond acceptors (Lipinski definition) is 3.